The third-order valence-corrected chi connectivity index (χ3v) is 4.16. The van der Waals surface area contributed by atoms with E-state index in [4.69, 9.17) is 38.9 Å². The molecule has 0 fully saturated rings. The maximum absolute atomic E-state index is 11.5. The first-order valence-electron chi connectivity index (χ1n) is 8.12. The van der Waals surface area contributed by atoms with Gasteiger partial charge in [-0.15, -0.1) is 0 Å². The standard InChI is InChI=1S/C18H12Cl2N6O4/c1-26-8-9-4-11(2-3-14(9)25-26)29-16-12(19)5-10(6-13(16)20)23-24-15(7-21)17(27)30-18(22)28/h2-6,8,23H,1H3,(H2,22,28)/b24-15+. The molecule has 3 rings (SSSR count). The molecule has 30 heavy (non-hydrogen) atoms. The van der Waals surface area contributed by atoms with Gasteiger partial charge in [0.15, 0.2) is 5.75 Å². The molecular formula is C18H12Cl2N6O4. The number of carbonyl (C=O) groups is 2. The van der Waals surface area contributed by atoms with Crippen LogP contribution in [0.25, 0.3) is 10.9 Å². The van der Waals surface area contributed by atoms with E-state index in [0.29, 0.717) is 5.75 Å². The minimum Gasteiger partial charge on any atom is -0.454 e. The first-order valence-corrected chi connectivity index (χ1v) is 8.88. The van der Waals surface area contributed by atoms with Crippen LogP contribution >= 0.6 is 23.2 Å². The summed E-state index contributed by atoms with van der Waals surface area (Å²) in [6, 6.07) is 9.62. The van der Waals surface area contributed by atoms with Crippen molar-refractivity contribution in [1.29, 1.82) is 5.26 Å². The van der Waals surface area contributed by atoms with Crippen LogP contribution in [-0.4, -0.2) is 27.6 Å². The number of aryl methyl sites for hydroxylation is 1. The van der Waals surface area contributed by atoms with E-state index in [1.54, 1.807) is 22.9 Å². The largest absolute Gasteiger partial charge is 0.454 e. The second-order valence-electron chi connectivity index (χ2n) is 5.79. The Bertz CT molecular complexity index is 1210. The highest BCUT2D eigenvalue weighted by atomic mass is 35.5. The summed E-state index contributed by atoms with van der Waals surface area (Å²) in [5, 5.41) is 17.9. The van der Waals surface area contributed by atoms with Crippen molar-refractivity contribution in [1.82, 2.24) is 9.78 Å². The highest BCUT2D eigenvalue weighted by Crippen LogP contribution is 2.39. The van der Waals surface area contributed by atoms with Gasteiger partial charge in [0.1, 0.15) is 11.8 Å². The zero-order valence-corrected chi connectivity index (χ0v) is 16.7. The Balaban J connectivity index is 1.80. The fourth-order valence-electron chi connectivity index (χ4n) is 2.41. The molecule has 10 nitrogen and oxygen atoms in total. The van der Waals surface area contributed by atoms with Crippen molar-refractivity contribution in [2.45, 2.75) is 0 Å². The molecule has 0 radical (unpaired) electrons. The highest BCUT2D eigenvalue weighted by Gasteiger charge is 2.16. The van der Waals surface area contributed by atoms with Crippen molar-refractivity contribution in [3.8, 4) is 17.6 Å². The van der Waals surface area contributed by atoms with Crippen LogP contribution in [0.4, 0.5) is 10.5 Å². The Morgan fingerprint density at radius 3 is 2.60 bits per heavy atom. The number of rotatable bonds is 5. The summed E-state index contributed by atoms with van der Waals surface area (Å²) in [4.78, 5) is 22.1. The van der Waals surface area contributed by atoms with E-state index in [1.807, 2.05) is 13.2 Å². The summed E-state index contributed by atoms with van der Waals surface area (Å²) >= 11 is 12.5. The zero-order valence-electron chi connectivity index (χ0n) is 15.2. The van der Waals surface area contributed by atoms with E-state index in [1.165, 1.54) is 18.2 Å². The minimum atomic E-state index is -1.36. The van der Waals surface area contributed by atoms with E-state index in [-0.39, 0.29) is 21.5 Å². The first-order chi connectivity index (χ1) is 14.3. The smallest absolute Gasteiger partial charge is 0.412 e. The minimum absolute atomic E-state index is 0.143. The fourth-order valence-corrected chi connectivity index (χ4v) is 2.97. The number of nitriles is 1. The van der Waals surface area contributed by atoms with Gasteiger partial charge < -0.3 is 15.2 Å². The van der Waals surface area contributed by atoms with E-state index in [9.17, 15) is 9.59 Å². The van der Waals surface area contributed by atoms with Gasteiger partial charge in [-0.2, -0.15) is 15.5 Å². The molecule has 0 saturated carbocycles. The number of aromatic nitrogens is 2. The van der Waals surface area contributed by atoms with Crippen LogP contribution in [0.15, 0.2) is 41.6 Å². The maximum Gasteiger partial charge on any atom is 0.412 e. The number of nitrogens with two attached hydrogens (primary N) is 1. The number of hydrogen-bond donors (Lipinski definition) is 2. The van der Waals surface area contributed by atoms with Gasteiger partial charge in [0.25, 0.3) is 0 Å². The molecular weight excluding hydrogens is 435 g/mol. The van der Waals surface area contributed by atoms with Gasteiger partial charge >= 0.3 is 12.1 Å². The van der Waals surface area contributed by atoms with Crippen molar-refractivity contribution in [2.75, 3.05) is 5.43 Å². The molecule has 1 amide bonds. The average molecular weight is 447 g/mol. The molecule has 152 valence electrons. The number of halogens is 2. The SMILES string of the molecule is Cn1cc2cc(Oc3c(Cl)cc(N/N=C(\C#N)C(=O)OC(N)=O)cc3Cl)ccc2n1. The molecule has 0 aliphatic heterocycles. The van der Waals surface area contributed by atoms with Crippen molar-refractivity contribution >= 4 is 57.6 Å². The topological polar surface area (TPSA) is 145 Å². The lowest BCUT2D eigenvalue weighted by Crippen LogP contribution is -2.24. The predicted molar refractivity (Wildman–Crippen MR) is 110 cm³/mol. The van der Waals surface area contributed by atoms with Crippen LogP contribution in [0.2, 0.25) is 10.0 Å². The number of nitrogens with one attached hydrogen (secondary N) is 1. The molecule has 3 N–H and O–H groups in total. The van der Waals surface area contributed by atoms with Gasteiger partial charge in [-0.3, -0.25) is 10.1 Å². The van der Waals surface area contributed by atoms with Crippen LogP contribution in [0, 0.1) is 11.3 Å². The lowest BCUT2D eigenvalue weighted by Gasteiger charge is -2.11. The number of amides is 1. The Labute approximate surface area is 179 Å². The van der Waals surface area contributed by atoms with Crippen molar-refractivity contribution in [3.05, 3.63) is 46.6 Å². The normalized spacial score (nSPS) is 11.1. The molecule has 0 spiro atoms. The summed E-state index contributed by atoms with van der Waals surface area (Å²) in [6.45, 7) is 0. The maximum atomic E-state index is 11.5. The number of anilines is 1. The van der Waals surface area contributed by atoms with E-state index in [0.717, 1.165) is 10.9 Å². The van der Waals surface area contributed by atoms with Gasteiger partial charge in [-0.25, -0.2) is 9.59 Å². The molecule has 1 aromatic heterocycles. The number of carbonyl (C=O) groups excluding carboxylic acids is 2. The molecule has 0 aliphatic carbocycles. The zero-order chi connectivity index (χ0) is 21.8. The number of benzene rings is 2. The number of primary amides is 1. The third-order valence-electron chi connectivity index (χ3n) is 3.60. The van der Waals surface area contributed by atoms with E-state index >= 15 is 0 Å². The Kier molecular flexibility index (Phi) is 6.06. The summed E-state index contributed by atoms with van der Waals surface area (Å²) < 4.78 is 11.6. The molecule has 0 atom stereocenters. The third kappa shape index (κ3) is 4.78. The van der Waals surface area contributed by atoms with Crippen LogP contribution in [0.3, 0.4) is 0 Å². The fraction of sp³-hybridized carbons (Fsp3) is 0.0556. The van der Waals surface area contributed by atoms with Crippen LogP contribution in [-0.2, 0) is 16.6 Å². The summed E-state index contributed by atoms with van der Waals surface area (Å²) in [6.07, 6.45) is 0.479. The lowest BCUT2D eigenvalue weighted by molar-refractivity contribution is -0.129. The number of hydrogen-bond acceptors (Lipinski definition) is 8. The summed E-state index contributed by atoms with van der Waals surface area (Å²) in [5.41, 5.74) is 7.48. The second kappa shape index (κ2) is 8.69. The van der Waals surface area contributed by atoms with Crippen molar-refractivity contribution in [2.24, 2.45) is 17.9 Å². The molecule has 0 unspecified atom stereocenters. The van der Waals surface area contributed by atoms with Crippen molar-refractivity contribution < 1.29 is 19.1 Å². The van der Waals surface area contributed by atoms with Gasteiger partial charge in [-0.05, 0) is 30.3 Å². The van der Waals surface area contributed by atoms with Crippen LogP contribution < -0.4 is 15.9 Å². The molecule has 0 saturated heterocycles. The van der Waals surface area contributed by atoms with Gasteiger partial charge in [0, 0.05) is 18.6 Å². The van der Waals surface area contributed by atoms with Gasteiger partial charge in [0.05, 0.1) is 21.2 Å². The number of esters is 1. The van der Waals surface area contributed by atoms with Crippen LogP contribution in [0.5, 0.6) is 11.5 Å². The number of nitrogens with zero attached hydrogens (tertiary/aromatic N) is 4. The second-order valence-corrected chi connectivity index (χ2v) is 6.60. The number of hydrazone groups is 1. The van der Waals surface area contributed by atoms with Gasteiger partial charge in [0.2, 0.25) is 5.71 Å². The molecule has 1 heterocycles. The molecule has 0 bridgehead atoms. The van der Waals surface area contributed by atoms with Crippen LogP contribution in [0.1, 0.15) is 0 Å². The molecule has 0 aliphatic rings. The van der Waals surface area contributed by atoms with E-state index in [2.05, 4.69) is 20.4 Å². The van der Waals surface area contributed by atoms with E-state index < -0.39 is 17.8 Å². The number of fused-ring (bicyclic) bond motifs is 1. The molecule has 3 aromatic rings. The number of ether oxygens (including phenoxy) is 2. The van der Waals surface area contributed by atoms with Crippen molar-refractivity contribution in [3.63, 3.8) is 0 Å². The first kappa shape index (κ1) is 20.9. The molecule has 2 aromatic carbocycles. The monoisotopic (exact) mass is 446 g/mol. The lowest BCUT2D eigenvalue weighted by atomic mass is 10.2. The molecule has 12 heteroatoms. The Morgan fingerprint density at radius 1 is 1.27 bits per heavy atom. The Hall–Kier alpha value is -3.81. The summed E-state index contributed by atoms with van der Waals surface area (Å²) in [7, 11) is 1.81. The van der Waals surface area contributed by atoms with Gasteiger partial charge in [-0.1, -0.05) is 23.2 Å². The highest BCUT2D eigenvalue weighted by molar-refractivity contribution is 6.44. The summed E-state index contributed by atoms with van der Waals surface area (Å²) in [5.74, 6) is -0.607. The predicted octanol–water partition coefficient (Wildman–Crippen LogP) is 3.59. The average Bonchev–Trinajstić information content (AvgIpc) is 3.04. The Morgan fingerprint density at radius 2 is 1.97 bits per heavy atom. The quantitative estimate of drug-likeness (QED) is 0.263.